The third-order valence-corrected chi connectivity index (χ3v) is 4.07. The van der Waals surface area contributed by atoms with E-state index >= 15 is 0 Å². The van der Waals surface area contributed by atoms with Crippen molar-refractivity contribution < 1.29 is 9.90 Å². The van der Waals surface area contributed by atoms with Crippen LogP contribution in [0, 0.1) is 0 Å². The Hall–Kier alpha value is -1.68. The molecule has 0 aliphatic carbocycles. The van der Waals surface area contributed by atoms with Gasteiger partial charge in [-0.15, -0.1) is 0 Å². The molecule has 2 aliphatic heterocycles. The molecule has 1 N–H and O–H groups in total. The maximum Gasteiger partial charge on any atom is 0.247 e. The Bertz CT molecular complexity index is 472. The summed E-state index contributed by atoms with van der Waals surface area (Å²) in [6, 6.07) is 4.22. The molecule has 0 saturated carbocycles. The minimum absolute atomic E-state index is 0.0586. The van der Waals surface area contributed by atoms with Gasteiger partial charge in [0, 0.05) is 30.6 Å². The second-order valence-corrected chi connectivity index (χ2v) is 5.38. The molecule has 2 saturated heterocycles. The molecule has 100 valence electrons. The van der Waals surface area contributed by atoms with Crippen molar-refractivity contribution in [2.75, 3.05) is 0 Å². The number of aliphatic hydroxyl groups is 1. The van der Waals surface area contributed by atoms with E-state index in [9.17, 15) is 9.90 Å². The van der Waals surface area contributed by atoms with Crippen LogP contribution < -0.4 is 0 Å². The van der Waals surface area contributed by atoms with Gasteiger partial charge in [-0.3, -0.25) is 9.78 Å². The Morgan fingerprint density at radius 3 is 2.74 bits per heavy atom. The van der Waals surface area contributed by atoms with Gasteiger partial charge >= 0.3 is 0 Å². The maximum atomic E-state index is 12.3. The quantitative estimate of drug-likeness (QED) is 0.820. The molecule has 0 aromatic carbocycles. The Labute approximate surface area is 112 Å². The van der Waals surface area contributed by atoms with Crippen LogP contribution in [0.15, 0.2) is 30.6 Å². The van der Waals surface area contributed by atoms with Gasteiger partial charge in [-0.05, 0) is 43.4 Å². The van der Waals surface area contributed by atoms with E-state index in [4.69, 9.17) is 0 Å². The van der Waals surface area contributed by atoms with E-state index in [-0.39, 0.29) is 24.1 Å². The lowest BCUT2D eigenvalue weighted by molar-refractivity contribution is -0.131. The largest absolute Gasteiger partial charge is 0.393 e. The van der Waals surface area contributed by atoms with Crippen molar-refractivity contribution >= 4 is 12.0 Å². The molecule has 3 heterocycles. The van der Waals surface area contributed by atoms with Crippen LogP contribution in [-0.4, -0.2) is 39.1 Å². The van der Waals surface area contributed by atoms with Crippen molar-refractivity contribution in [1.29, 1.82) is 0 Å². The van der Waals surface area contributed by atoms with Crippen LogP contribution in [0.1, 0.15) is 31.2 Å². The molecule has 1 aromatic rings. The standard InChI is InChI=1S/C15H18N2O2/c18-14-8-12-4-5-13(9-14)17(12)15(19)6-3-11-2-1-7-16-10-11/h1-3,6-7,10,12-14,18H,4-5,8-9H2. The highest BCUT2D eigenvalue weighted by molar-refractivity contribution is 5.92. The molecule has 2 aliphatic rings. The van der Waals surface area contributed by atoms with Gasteiger partial charge in [-0.1, -0.05) is 6.07 Å². The van der Waals surface area contributed by atoms with E-state index in [0.29, 0.717) is 0 Å². The monoisotopic (exact) mass is 258 g/mol. The Morgan fingerprint density at radius 1 is 1.37 bits per heavy atom. The zero-order valence-electron chi connectivity index (χ0n) is 10.8. The predicted octanol–water partition coefficient (Wildman–Crippen LogP) is 1.61. The maximum absolute atomic E-state index is 12.3. The smallest absolute Gasteiger partial charge is 0.247 e. The third kappa shape index (κ3) is 2.54. The average Bonchev–Trinajstić information content (AvgIpc) is 2.70. The van der Waals surface area contributed by atoms with Crippen molar-refractivity contribution in [2.24, 2.45) is 0 Å². The van der Waals surface area contributed by atoms with E-state index in [1.165, 1.54) is 0 Å². The van der Waals surface area contributed by atoms with Crippen molar-refractivity contribution in [3.05, 3.63) is 36.2 Å². The topological polar surface area (TPSA) is 53.4 Å². The number of nitrogens with zero attached hydrogens (tertiary/aromatic N) is 2. The summed E-state index contributed by atoms with van der Waals surface area (Å²) in [5, 5.41) is 9.73. The first-order valence-electron chi connectivity index (χ1n) is 6.82. The second-order valence-electron chi connectivity index (χ2n) is 5.38. The van der Waals surface area contributed by atoms with Crippen molar-refractivity contribution in [2.45, 2.75) is 43.9 Å². The van der Waals surface area contributed by atoms with Crippen LogP contribution in [0.3, 0.4) is 0 Å². The fourth-order valence-corrected chi connectivity index (χ4v) is 3.24. The summed E-state index contributed by atoms with van der Waals surface area (Å²) in [5.74, 6) is 0.0586. The van der Waals surface area contributed by atoms with Gasteiger partial charge in [0.2, 0.25) is 5.91 Å². The number of fused-ring (bicyclic) bond motifs is 2. The number of pyridine rings is 1. The highest BCUT2D eigenvalue weighted by Crippen LogP contribution is 2.35. The highest BCUT2D eigenvalue weighted by atomic mass is 16.3. The summed E-state index contributed by atoms with van der Waals surface area (Å²) in [6.07, 6.45) is 10.1. The van der Waals surface area contributed by atoms with Gasteiger partial charge < -0.3 is 10.0 Å². The Morgan fingerprint density at radius 2 is 2.11 bits per heavy atom. The Kier molecular flexibility index (Phi) is 3.34. The summed E-state index contributed by atoms with van der Waals surface area (Å²) >= 11 is 0. The number of carbonyl (C=O) groups is 1. The van der Waals surface area contributed by atoms with Gasteiger partial charge in [0.25, 0.3) is 0 Å². The number of rotatable bonds is 2. The number of piperidine rings is 1. The molecule has 3 rings (SSSR count). The van der Waals surface area contributed by atoms with Gasteiger partial charge in [-0.25, -0.2) is 0 Å². The molecular formula is C15H18N2O2. The molecule has 1 aromatic heterocycles. The summed E-state index contributed by atoms with van der Waals surface area (Å²) in [5.41, 5.74) is 0.931. The van der Waals surface area contributed by atoms with Crippen LogP contribution in [0.5, 0.6) is 0 Å². The lowest BCUT2D eigenvalue weighted by Gasteiger charge is -2.36. The minimum Gasteiger partial charge on any atom is -0.393 e. The van der Waals surface area contributed by atoms with E-state index < -0.39 is 0 Å². The van der Waals surface area contributed by atoms with Crippen LogP contribution in [0.2, 0.25) is 0 Å². The molecule has 4 heteroatoms. The van der Waals surface area contributed by atoms with Crippen molar-refractivity contribution in [3.63, 3.8) is 0 Å². The molecule has 2 fully saturated rings. The van der Waals surface area contributed by atoms with E-state index in [2.05, 4.69) is 4.98 Å². The number of carbonyl (C=O) groups excluding carboxylic acids is 1. The van der Waals surface area contributed by atoms with Crippen molar-refractivity contribution in [3.8, 4) is 0 Å². The lowest BCUT2D eigenvalue weighted by atomic mass is 10.00. The van der Waals surface area contributed by atoms with Crippen LogP contribution >= 0.6 is 0 Å². The van der Waals surface area contributed by atoms with Crippen LogP contribution in [-0.2, 0) is 4.79 Å². The fourth-order valence-electron chi connectivity index (χ4n) is 3.24. The number of aliphatic hydroxyl groups excluding tert-OH is 1. The summed E-state index contributed by atoms with van der Waals surface area (Å²) < 4.78 is 0. The number of amides is 1. The molecule has 2 bridgehead atoms. The molecule has 1 amide bonds. The molecule has 0 spiro atoms. The first kappa shape index (κ1) is 12.4. The highest BCUT2D eigenvalue weighted by Gasteiger charge is 2.41. The van der Waals surface area contributed by atoms with E-state index in [1.54, 1.807) is 24.5 Å². The summed E-state index contributed by atoms with van der Waals surface area (Å²) in [7, 11) is 0. The minimum atomic E-state index is -0.233. The molecule has 19 heavy (non-hydrogen) atoms. The second kappa shape index (κ2) is 5.13. The van der Waals surface area contributed by atoms with Gasteiger partial charge in [0.1, 0.15) is 0 Å². The SMILES string of the molecule is O=C(C=Cc1cccnc1)N1C2CCC1CC(O)C2. The average molecular weight is 258 g/mol. The normalized spacial score (nSPS) is 29.9. The van der Waals surface area contributed by atoms with Crippen molar-refractivity contribution in [1.82, 2.24) is 9.88 Å². The number of hydrogen-bond donors (Lipinski definition) is 1. The third-order valence-electron chi connectivity index (χ3n) is 4.07. The van der Waals surface area contributed by atoms with Gasteiger partial charge in [-0.2, -0.15) is 0 Å². The number of aromatic nitrogens is 1. The van der Waals surface area contributed by atoms with E-state index in [0.717, 1.165) is 31.2 Å². The van der Waals surface area contributed by atoms with Crippen LogP contribution in [0.4, 0.5) is 0 Å². The Balaban J connectivity index is 1.70. The fraction of sp³-hybridized carbons (Fsp3) is 0.467. The number of hydrogen-bond acceptors (Lipinski definition) is 3. The molecule has 2 atom stereocenters. The summed E-state index contributed by atoms with van der Waals surface area (Å²) in [4.78, 5) is 18.3. The van der Waals surface area contributed by atoms with Crippen LogP contribution in [0.25, 0.3) is 6.08 Å². The van der Waals surface area contributed by atoms with Gasteiger partial charge in [0.15, 0.2) is 0 Å². The first-order chi connectivity index (χ1) is 9.24. The lowest BCUT2D eigenvalue weighted by Crippen LogP contribution is -2.47. The first-order valence-corrected chi connectivity index (χ1v) is 6.82. The molecule has 4 nitrogen and oxygen atoms in total. The molecule has 0 radical (unpaired) electrons. The summed E-state index contributed by atoms with van der Waals surface area (Å²) in [6.45, 7) is 0. The zero-order chi connectivity index (χ0) is 13.2. The zero-order valence-corrected chi connectivity index (χ0v) is 10.8. The molecular weight excluding hydrogens is 240 g/mol. The molecule has 2 unspecified atom stereocenters. The van der Waals surface area contributed by atoms with E-state index in [1.807, 2.05) is 17.0 Å². The van der Waals surface area contributed by atoms with Gasteiger partial charge in [0.05, 0.1) is 6.10 Å². The predicted molar refractivity (Wildman–Crippen MR) is 72.2 cm³/mol.